The molecule has 0 spiro atoms. The van der Waals surface area contributed by atoms with Crippen molar-refractivity contribution in [3.8, 4) is 0 Å². The minimum atomic E-state index is -0.363. The number of hydrogen-bond donors (Lipinski definition) is 0. The normalized spacial score (nSPS) is 12.8. The molecule has 1 atom stereocenters. The van der Waals surface area contributed by atoms with Crippen molar-refractivity contribution in [2.45, 2.75) is 4.83 Å². The van der Waals surface area contributed by atoms with E-state index in [0.29, 0.717) is 19.3 Å². The second-order valence-electron chi connectivity index (χ2n) is 3.31. The van der Waals surface area contributed by atoms with Gasteiger partial charge in [-0.05, 0) is 24.3 Å². The largest absolute Gasteiger partial charge is 0.207 e. The predicted molar refractivity (Wildman–Crippen MR) is 76.5 cm³/mol. The lowest BCUT2D eigenvalue weighted by atomic mass is 10.1. The van der Waals surface area contributed by atoms with Crippen LogP contribution < -0.4 is 0 Å². The molecule has 2 aromatic rings. The van der Waals surface area contributed by atoms with Crippen molar-refractivity contribution in [3.63, 3.8) is 0 Å². The number of thiophene rings is 1. The fraction of sp³-hybridized carbons (Fsp3) is 0.0909. The summed E-state index contributed by atoms with van der Waals surface area (Å²) in [6.07, 6.45) is 0. The zero-order valence-corrected chi connectivity index (χ0v) is 12.9. The lowest BCUT2D eigenvalue weighted by Crippen LogP contribution is -1.95. The summed E-state index contributed by atoms with van der Waals surface area (Å²) in [7, 11) is 0. The molecule has 0 amide bonds. The molecular weight excluding hydrogens is 369 g/mol. The van der Waals surface area contributed by atoms with E-state index in [4.69, 9.17) is 34.8 Å². The fourth-order valence-electron chi connectivity index (χ4n) is 1.40. The molecule has 1 heterocycles. The quantitative estimate of drug-likeness (QED) is 0.539. The van der Waals surface area contributed by atoms with E-state index in [1.165, 1.54) is 23.5 Å². The SMILES string of the molecule is Fc1ccc(Cl)cc1C(Br)c1cc(Cl)sc1Cl. The highest BCUT2D eigenvalue weighted by atomic mass is 79.9. The molecule has 1 aromatic heterocycles. The molecule has 0 nitrogen and oxygen atoms in total. The van der Waals surface area contributed by atoms with Crippen LogP contribution in [0.25, 0.3) is 0 Å². The first-order valence-electron chi connectivity index (χ1n) is 4.53. The van der Waals surface area contributed by atoms with Gasteiger partial charge in [-0.3, -0.25) is 0 Å². The highest BCUT2D eigenvalue weighted by molar-refractivity contribution is 9.09. The van der Waals surface area contributed by atoms with Crippen molar-refractivity contribution < 1.29 is 4.39 Å². The second-order valence-corrected chi connectivity index (χ2v) is 6.95. The van der Waals surface area contributed by atoms with Crippen LogP contribution in [0.4, 0.5) is 4.39 Å². The molecule has 90 valence electrons. The average Bonchev–Trinajstić information content (AvgIpc) is 2.60. The van der Waals surface area contributed by atoms with E-state index in [1.807, 2.05) is 0 Å². The lowest BCUT2D eigenvalue weighted by Gasteiger charge is -2.10. The summed E-state index contributed by atoms with van der Waals surface area (Å²) < 4.78 is 14.8. The van der Waals surface area contributed by atoms with Gasteiger partial charge in [-0.25, -0.2) is 4.39 Å². The van der Waals surface area contributed by atoms with E-state index in [-0.39, 0.29) is 10.6 Å². The molecule has 0 bridgehead atoms. The van der Waals surface area contributed by atoms with Crippen LogP contribution >= 0.6 is 62.1 Å². The van der Waals surface area contributed by atoms with Crippen LogP contribution in [-0.2, 0) is 0 Å². The zero-order chi connectivity index (χ0) is 12.6. The van der Waals surface area contributed by atoms with Crippen LogP contribution in [0.2, 0.25) is 13.7 Å². The first-order valence-corrected chi connectivity index (χ1v) is 7.39. The Morgan fingerprint density at radius 2 is 1.82 bits per heavy atom. The molecule has 0 radical (unpaired) electrons. The van der Waals surface area contributed by atoms with Crippen LogP contribution in [0.5, 0.6) is 0 Å². The number of alkyl halides is 1. The molecule has 1 unspecified atom stereocenters. The van der Waals surface area contributed by atoms with Gasteiger partial charge in [0.1, 0.15) is 5.82 Å². The molecule has 0 saturated heterocycles. The van der Waals surface area contributed by atoms with Crippen LogP contribution in [0.3, 0.4) is 0 Å². The molecule has 17 heavy (non-hydrogen) atoms. The van der Waals surface area contributed by atoms with Crippen molar-refractivity contribution in [1.82, 2.24) is 0 Å². The van der Waals surface area contributed by atoms with Gasteiger partial charge in [-0.2, -0.15) is 0 Å². The molecule has 0 saturated carbocycles. The maximum absolute atomic E-state index is 13.7. The van der Waals surface area contributed by atoms with E-state index in [2.05, 4.69) is 15.9 Å². The third-order valence-electron chi connectivity index (χ3n) is 2.19. The Morgan fingerprint density at radius 1 is 1.12 bits per heavy atom. The first kappa shape index (κ1) is 13.6. The average molecular weight is 374 g/mol. The summed E-state index contributed by atoms with van der Waals surface area (Å²) in [5.41, 5.74) is 1.18. The van der Waals surface area contributed by atoms with Gasteiger partial charge in [0.05, 0.1) is 13.5 Å². The molecule has 0 fully saturated rings. The molecule has 6 heteroatoms. The van der Waals surface area contributed by atoms with Crippen LogP contribution in [0, 0.1) is 5.82 Å². The van der Waals surface area contributed by atoms with Gasteiger partial charge in [0.25, 0.3) is 0 Å². The highest BCUT2D eigenvalue weighted by Crippen LogP contribution is 2.42. The molecule has 0 aliphatic carbocycles. The molecule has 1 aromatic carbocycles. The summed E-state index contributed by atoms with van der Waals surface area (Å²) in [6.45, 7) is 0. The first-order chi connectivity index (χ1) is 7.99. The number of hydrogen-bond acceptors (Lipinski definition) is 1. The second kappa shape index (κ2) is 5.45. The monoisotopic (exact) mass is 372 g/mol. The topological polar surface area (TPSA) is 0 Å². The smallest absolute Gasteiger partial charge is 0.127 e. The Hall–Kier alpha value is 0.200. The minimum Gasteiger partial charge on any atom is -0.207 e. The van der Waals surface area contributed by atoms with Gasteiger partial charge >= 0.3 is 0 Å². The van der Waals surface area contributed by atoms with E-state index < -0.39 is 0 Å². The van der Waals surface area contributed by atoms with Crippen molar-refractivity contribution in [2.24, 2.45) is 0 Å². The van der Waals surface area contributed by atoms with Crippen LogP contribution in [0.15, 0.2) is 24.3 Å². The third-order valence-corrected chi connectivity index (χ3v) is 4.93. The summed E-state index contributed by atoms with van der Waals surface area (Å²) in [4.78, 5) is -0.363. The molecule has 0 aliphatic heterocycles. The molecule has 0 aliphatic rings. The number of halogens is 5. The Labute approximate surface area is 125 Å². The summed E-state index contributed by atoms with van der Waals surface area (Å²) in [6, 6.07) is 6.11. The summed E-state index contributed by atoms with van der Waals surface area (Å²) >= 11 is 22.4. The van der Waals surface area contributed by atoms with Gasteiger partial charge in [-0.15, -0.1) is 11.3 Å². The zero-order valence-electron chi connectivity index (χ0n) is 8.18. The minimum absolute atomic E-state index is 0.338. The number of benzene rings is 1. The van der Waals surface area contributed by atoms with E-state index >= 15 is 0 Å². The standard InChI is InChI=1S/C11H5BrCl3FS/c12-10(7-4-9(14)17-11(7)15)6-3-5(13)1-2-8(6)16/h1-4,10H. The highest BCUT2D eigenvalue weighted by Gasteiger charge is 2.20. The van der Waals surface area contributed by atoms with Crippen molar-refractivity contribution in [1.29, 1.82) is 0 Å². The van der Waals surface area contributed by atoms with Gasteiger partial charge in [0, 0.05) is 16.1 Å². The van der Waals surface area contributed by atoms with Crippen LogP contribution in [0.1, 0.15) is 16.0 Å². The van der Waals surface area contributed by atoms with E-state index in [1.54, 1.807) is 12.1 Å². The van der Waals surface area contributed by atoms with Gasteiger partial charge in [0.2, 0.25) is 0 Å². The van der Waals surface area contributed by atoms with E-state index in [0.717, 1.165) is 5.56 Å². The van der Waals surface area contributed by atoms with Gasteiger partial charge in [0.15, 0.2) is 0 Å². The Morgan fingerprint density at radius 3 is 2.41 bits per heavy atom. The van der Waals surface area contributed by atoms with Gasteiger partial charge < -0.3 is 0 Å². The van der Waals surface area contributed by atoms with Gasteiger partial charge in [-0.1, -0.05) is 50.7 Å². The van der Waals surface area contributed by atoms with Crippen molar-refractivity contribution in [2.75, 3.05) is 0 Å². The summed E-state index contributed by atoms with van der Waals surface area (Å²) in [5.74, 6) is -0.338. The lowest BCUT2D eigenvalue weighted by molar-refractivity contribution is 0.613. The van der Waals surface area contributed by atoms with Crippen LogP contribution in [-0.4, -0.2) is 0 Å². The Bertz CT molecular complexity index is 556. The molecule has 0 N–H and O–H groups in total. The van der Waals surface area contributed by atoms with E-state index in [9.17, 15) is 4.39 Å². The van der Waals surface area contributed by atoms with Crippen molar-refractivity contribution in [3.05, 3.63) is 54.9 Å². The number of rotatable bonds is 2. The molecule has 2 rings (SSSR count). The predicted octanol–water partition coefficient (Wildman–Crippen LogP) is 6.33. The third kappa shape index (κ3) is 2.96. The van der Waals surface area contributed by atoms with Crippen molar-refractivity contribution >= 4 is 62.1 Å². The maximum atomic E-state index is 13.7. The maximum Gasteiger partial charge on any atom is 0.127 e. The molecular formula is C11H5BrCl3FS. The Balaban J connectivity index is 2.46. The Kier molecular flexibility index (Phi) is 4.37. The fourth-order valence-corrected chi connectivity index (χ4v) is 4.11. The summed E-state index contributed by atoms with van der Waals surface area (Å²) in [5, 5.41) is 0.475.